The molecule has 0 radical (unpaired) electrons. The van der Waals surface area contributed by atoms with E-state index in [0.717, 1.165) is 11.1 Å². The lowest BCUT2D eigenvalue weighted by Crippen LogP contribution is -1.99. The van der Waals surface area contributed by atoms with E-state index in [2.05, 4.69) is 5.10 Å². The Bertz CT molecular complexity index is 634. The van der Waals surface area contributed by atoms with E-state index >= 15 is 0 Å². The first-order valence-corrected chi connectivity index (χ1v) is 6.00. The molecule has 2 aromatic rings. The van der Waals surface area contributed by atoms with Crippen LogP contribution in [-0.2, 0) is 18.4 Å². The van der Waals surface area contributed by atoms with Gasteiger partial charge in [-0.2, -0.15) is 5.10 Å². The lowest BCUT2D eigenvalue weighted by Gasteiger charge is -2.10. The molecule has 0 aliphatic rings. The molecule has 0 saturated carbocycles. The van der Waals surface area contributed by atoms with Crippen molar-refractivity contribution in [2.24, 2.45) is 7.05 Å². The van der Waals surface area contributed by atoms with Crippen LogP contribution in [0.4, 0.5) is 0 Å². The summed E-state index contributed by atoms with van der Waals surface area (Å²) in [6.45, 7) is 0.454. The number of benzene rings is 1. The highest BCUT2D eigenvalue weighted by Crippen LogP contribution is 2.28. The number of hydrogen-bond donors (Lipinski definition) is 1. The molecule has 6 heteroatoms. The van der Waals surface area contributed by atoms with Gasteiger partial charge in [-0.05, 0) is 12.1 Å². The first-order valence-electron chi connectivity index (χ1n) is 6.00. The summed E-state index contributed by atoms with van der Waals surface area (Å²) in [6.07, 6.45) is 0. The van der Waals surface area contributed by atoms with Gasteiger partial charge in [-0.25, -0.2) is 4.79 Å². The number of nitrogens with zero attached hydrogens (tertiary/aromatic N) is 2. The van der Waals surface area contributed by atoms with Gasteiger partial charge < -0.3 is 14.6 Å². The third-order valence-corrected chi connectivity index (χ3v) is 2.98. The maximum Gasteiger partial charge on any atom is 0.356 e. The van der Waals surface area contributed by atoms with Gasteiger partial charge in [-0.3, -0.25) is 4.68 Å². The number of carboxylic acid groups (broad SMARTS) is 1. The number of carboxylic acids is 1. The second-order valence-electron chi connectivity index (χ2n) is 4.30. The van der Waals surface area contributed by atoms with E-state index in [-0.39, 0.29) is 5.69 Å². The average molecular weight is 276 g/mol. The van der Waals surface area contributed by atoms with Crippen molar-refractivity contribution in [3.63, 3.8) is 0 Å². The molecule has 0 aliphatic heterocycles. The molecule has 0 saturated heterocycles. The number of hydrogen-bond acceptors (Lipinski definition) is 4. The highest BCUT2D eigenvalue weighted by Gasteiger charge is 2.14. The van der Waals surface area contributed by atoms with Crippen molar-refractivity contribution >= 4 is 5.97 Å². The van der Waals surface area contributed by atoms with Gasteiger partial charge in [-0.1, -0.05) is 12.1 Å². The van der Waals surface area contributed by atoms with Gasteiger partial charge in [0.15, 0.2) is 5.69 Å². The molecule has 1 aromatic heterocycles. The van der Waals surface area contributed by atoms with Crippen molar-refractivity contribution in [2.75, 3.05) is 14.2 Å². The van der Waals surface area contributed by atoms with Gasteiger partial charge in [0, 0.05) is 25.3 Å². The van der Waals surface area contributed by atoms with Crippen LogP contribution in [0, 0.1) is 0 Å². The Balaban J connectivity index is 2.45. The minimum absolute atomic E-state index is 0.0161. The summed E-state index contributed by atoms with van der Waals surface area (Å²) in [5.74, 6) is -0.350. The average Bonchev–Trinajstić information content (AvgIpc) is 2.82. The van der Waals surface area contributed by atoms with Crippen molar-refractivity contribution in [1.29, 1.82) is 0 Å². The largest absolute Gasteiger partial charge is 0.496 e. The molecule has 0 aliphatic carbocycles. The normalized spacial score (nSPS) is 10.6. The number of ether oxygens (including phenoxy) is 2. The quantitative estimate of drug-likeness (QED) is 0.903. The highest BCUT2D eigenvalue weighted by atomic mass is 16.5. The van der Waals surface area contributed by atoms with E-state index in [0.29, 0.717) is 18.1 Å². The van der Waals surface area contributed by atoms with Crippen molar-refractivity contribution < 1.29 is 19.4 Å². The Hall–Kier alpha value is -2.34. The lowest BCUT2D eigenvalue weighted by atomic mass is 10.1. The zero-order chi connectivity index (χ0) is 14.7. The van der Waals surface area contributed by atoms with E-state index in [1.807, 2.05) is 18.2 Å². The van der Waals surface area contributed by atoms with Crippen LogP contribution in [0.2, 0.25) is 0 Å². The fourth-order valence-corrected chi connectivity index (χ4v) is 2.02. The molecule has 1 heterocycles. The highest BCUT2D eigenvalue weighted by molar-refractivity contribution is 5.87. The molecule has 6 nitrogen and oxygen atoms in total. The lowest BCUT2D eigenvalue weighted by molar-refractivity contribution is 0.0689. The van der Waals surface area contributed by atoms with Crippen LogP contribution in [-0.4, -0.2) is 35.1 Å². The molecule has 20 heavy (non-hydrogen) atoms. The predicted molar refractivity (Wildman–Crippen MR) is 72.9 cm³/mol. The van der Waals surface area contributed by atoms with E-state index in [1.54, 1.807) is 21.3 Å². The Morgan fingerprint density at radius 1 is 1.35 bits per heavy atom. The SMILES string of the molecule is COCc1ccc(-c2cc(C(=O)O)nn2C)cc1OC. The minimum Gasteiger partial charge on any atom is -0.496 e. The Morgan fingerprint density at radius 3 is 2.65 bits per heavy atom. The molecule has 0 amide bonds. The first-order chi connectivity index (χ1) is 9.56. The van der Waals surface area contributed by atoms with Crippen LogP contribution in [0.3, 0.4) is 0 Å². The summed E-state index contributed by atoms with van der Waals surface area (Å²) >= 11 is 0. The molecule has 1 aromatic carbocycles. The second-order valence-corrected chi connectivity index (χ2v) is 4.30. The summed E-state index contributed by atoms with van der Waals surface area (Å²) in [6, 6.07) is 7.16. The fraction of sp³-hybridized carbons (Fsp3) is 0.286. The minimum atomic E-state index is -1.05. The van der Waals surface area contributed by atoms with E-state index < -0.39 is 5.97 Å². The maximum absolute atomic E-state index is 10.9. The zero-order valence-corrected chi connectivity index (χ0v) is 11.6. The number of carbonyl (C=O) groups is 1. The van der Waals surface area contributed by atoms with Gasteiger partial charge >= 0.3 is 5.97 Å². The Morgan fingerprint density at radius 2 is 2.10 bits per heavy atom. The molecular weight excluding hydrogens is 260 g/mol. The number of aryl methyl sites for hydroxylation is 1. The molecule has 0 fully saturated rings. The van der Waals surface area contributed by atoms with Crippen LogP contribution in [0.1, 0.15) is 16.1 Å². The second kappa shape index (κ2) is 5.75. The van der Waals surface area contributed by atoms with Gasteiger partial charge in [-0.15, -0.1) is 0 Å². The van der Waals surface area contributed by atoms with Crippen LogP contribution in [0.5, 0.6) is 5.75 Å². The van der Waals surface area contributed by atoms with Crippen molar-refractivity contribution in [3.05, 3.63) is 35.5 Å². The Labute approximate surface area is 116 Å². The van der Waals surface area contributed by atoms with Gasteiger partial charge in [0.25, 0.3) is 0 Å². The third kappa shape index (κ3) is 2.65. The van der Waals surface area contributed by atoms with Crippen LogP contribution < -0.4 is 4.74 Å². The standard InChI is InChI=1S/C14H16N2O4/c1-16-12(7-11(15-16)14(17)18)9-4-5-10(8-19-2)13(6-9)20-3/h4-7H,8H2,1-3H3,(H,17,18). The topological polar surface area (TPSA) is 73.6 Å². The molecule has 0 atom stereocenters. The third-order valence-electron chi connectivity index (χ3n) is 2.98. The zero-order valence-electron chi connectivity index (χ0n) is 11.6. The van der Waals surface area contributed by atoms with Crippen LogP contribution >= 0.6 is 0 Å². The smallest absolute Gasteiger partial charge is 0.356 e. The van der Waals surface area contributed by atoms with Crippen molar-refractivity contribution in [2.45, 2.75) is 6.61 Å². The molecule has 2 rings (SSSR count). The summed E-state index contributed by atoms with van der Waals surface area (Å²) < 4.78 is 12.0. The van der Waals surface area contributed by atoms with Crippen LogP contribution in [0.15, 0.2) is 24.3 Å². The first kappa shape index (κ1) is 14.1. The van der Waals surface area contributed by atoms with Crippen LogP contribution in [0.25, 0.3) is 11.3 Å². The van der Waals surface area contributed by atoms with Gasteiger partial charge in [0.05, 0.1) is 19.4 Å². The molecule has 106 valence electrons. The van der Waals surface area contributed by atoms with E-state index in [1.165, 1.54) is 10.7 Å². The number of rotatable bonds is 5. The van der Waals surface area contributed by atoms with Crippen molar-refractivity contribution in [3.8, 4) is 17.0 Å². The molecule has 0 spiro atoms. The maximum atomic E-state index is 10.9. The number of methoxy groups -OCH3 is 2. The Kier molecular flexibility index (Phi) is 4.05. The fourth-order valence-electron chi connectivity index (χ4n) is 2.02. The summed E-state index contributed by atoms with van der Waals surface area (Å²) in [7, 11) is 4.91. The monoisotopic (exact) mass is 276 g/mol. The van der Waals surface area contributed by atoms with Gasteiger partial charge in [0.2, 0.25) is 0 Å². The number of aromatic nitrogens is 2. The van der Waals surface area contributed by atoms with Crippen molar-refractivity contribution in [1.82, 2.24) is 9.78 Å². The van der Waals surface area contributed by atoms with E-state index in [4.69, 9.17) is 14.6 Å². The van der Waals surface area contributed by atoms with E-state index in [9.17, 15) is 4.79 Å². The molecule has 0 unspecified atom stereocenters. The molecule has 1 N–H and O–H groups in total. The molecular formula is C14H16N2O4. The van der Waals surface area contributed by atoms with Gasteiger partial charge in [0.1, 0.15) is 5.75 Å². The number of aromatic carboxylic acids is 1. The summed E-state index contributed by atoms with van der Waals surface area (Å²) in [4.78, 5) is 10.9. The summed E-state index contributed by atoms with van der Waals surface area (Å²) in [5.41, 5.74) is 2.50. The predicted octanol–water partition coefficient (Wildman–Crippen LogP) is 1.94. The molecule has 0 bridgehead atoms. The summed E-state index contributed by atoms with van der Waals surface area (Å²) in [5, 5.41) is 12.9.